The number of hydrogen-bond acceptors (Lipinski definition) is 2. The van der Waals surface area contributed by atoms with Crippen molar-refractivity contribution in [3.8, 4) is 39.1 Å². The molecule has 0 bridgehead atoms. The number of fused-ring (bicyclic) bond motifs is 11. The predicted octanol–water partition coefficient (Wildman–Crippen LogP) is 16.9. The highest BCUT2D eigenvalue weighted by atomic mass is 16.3. The van der Waals surface area contributed by atoms with E-state index in [-0.39, 0.29) is 5.41 Å². The van der Waals surface area contributed by atoms with E-state index in [0.717, 1.165) is 61.0 Å². The van der Waals surface area contributed by atoms with Gasteiger partial charge in [0.1, 0.15) is 11.2 Å². The quantitative estimate of drug-likeness (QED) is 0.167. The summed E-state index contributed by atoms with van der Waals surface area (Å²) in [6.07, 6.45) is 0. The van der Waals surface area contributed by atoms with Gasteiger partial charge in [-0.1, -0.05) is 147 Å². The third-order valence-corrected chi connectivity index (χ3v) is 13.8. The first-order valence-corrected chi connectivity index (χ1v) is 22.2. The minimum atomic E-state index is -0.114. The Morgan fingerprint density at radius 3 is 1.91 bits per heavy atom. The molecule has 1 aliphatic rings. The lowest BCUT2D eigenvalue weighted by Crippen LogP contribution is -2.16. The molecule has 2 aromatic heterocycles. The van der Waals surface area contributed by atoms with E-state index in [1.165, 1.54) is 60.8 Å². The molecule has 10 aromatic carbocycles. The molecule has 12 aromatic rings. The summed E-state index contributed by atoms with van der Waals surface area (Å²) in [6.45, 7) is 4.71. The van der Waals surface area contributed by atoms with Crippen molar-refractivity contribution in [2.24, 2.45) is 0 Å². The molecule has 3 nitrogen and oxygen atoms in total. The lowest BCUT2D eigenvalue weighted by atomic mass is 9.82. The number of furan rings is 1. The number of benzene rings is 10. The predicted molar refractivity (Wildman–Crippen MR) is 269 cm³/mol. The molecule has 302 valence electrons. The van der Waals surface area contributed by atoms with E-state index in [9.17, 15) is 0 Å². The molecular formula is C61H42N2O. The third-order valence-electron chi connectivity index (χ3n) is 13.8. The molecule has 0 radical (unpaired) electrons. The Kier molecular flexibility index (Phi) is 7.95. The molecule has 0 aliphatic heterocycles. The van der Waals surface area contributed by atoms with Crippen molar-refractivity contribution in [2.75, 3.05) is 4.90 Å². The molecule has 13 rings (SSSR count). The Morgan fingerprint density at radius 2 is 1.05 bits per heavy atom. The Bertz CT molecular complexity index is 3800. The highest BCUT2D eigenvalue weighted by molar-refractivity contribution is 6.21. The number of para-hydroxylation sites is 2. The Hall–Kier alpha value is -8.14. The van der Waals surface area contributed by atoms with Crippen LogP contribution >= 0.6 is 0 Å². The van der Waals surface area contributed by atoms with Crippen LogP contribution in [-0.2, 0) is 5.41 Å². The molecule has 0 saturated heterocycles. The van der Waals surface area contributed by atoms with Crippen molar-refractivity contribution < 1.29 is 4.42 Å². The first-order valence-electron chi connectivity index (χ1n) is 22.2. The number of rotatable bonds is 6. The van der Waals surface area contributed by atoms with Crippen LogP contribution in [0.4, 0.5) is 17.1 Å². The summed E-state index contributed by atoms with van der Waals surface area (Å²) < 4.78 is 8.95. The van der Waals surface area contributed by atoms with Gasteiger partial charge in [-0.2, -0.15) is 0 Å². The van der Waals surface area contributed by atoms with Crippen molar-refractivity contribution in [2.45, 2.75) is 19.3 Å². The summed E-state index contributed by atoms with van der Waals surface area (Å²) in [5, 5.41) is 7.00. The van der Waals surface area contributed by atoms with Crippen LogP contribution in [0.3, 0.4) is 0 Å². The molecule has 0 N–H and O–H groups in total. The van der Waals surface area contributed by atoms with E-state index >= 15 is 0 Å². The minimum absolute atomic E-state index is 0.114. The highest BCUT2D eigenvalue weighted by Crippen LogP contribution is 2.51. The zero-order valence-corrected chi connectivity index (χ0v) is 35.6. The Balaban J connectivity index is 0.950. The van der Waals surface area contributed by atoms with Gasteiger partial charge in [-0.05, 0) is 135 Å². The second-order valence-corrected chi connectivity index (χ2v) is 17.7. The lowest BCUT2D eigenvalue weighted by Gasteiger charge is -2.28. The highest BCUT2D eigenvalue weighted by Gasteiger charge is 2.35. The van der Waals surface area contributed by atoms with Crippen molar-refractivity contribution in [3.63, 3.8) is 0 Å². The average Bonchev–Trinajstić information content (AvgIpc) is 3.97. The summed E-state index contributed by atoms with van der Waals surface area (Å²) in [7, 11) is 0. The number of anilines is 3. The molecule has 3 heteroatoms. The first kappa shape index (κ1) is 36.5. The molecule has 0 amide bonds. The van der Waals surface area contributed by atoms with Crippen LogP contribution in [0.15, 0.2) is 223 Å². The van der Waals surface area contributed by atoms with Crippen molar-refractivity contribution >= 4 is 71.6 Å². The lowest BCUT2D eigenvalue weighted by molar-refractivity contribution is 0.660. The molecule has 0 spiro atoms. The largest absolute Gasteiger partial charge is 0.455 e. The van der Waals surface area contributed by atoms with Gasteiger partial charge < -0.3 is 13.9 Å². The second-order valence-electron chi connectivity index (χ2n) is 17.7. The maximum Gasteiger partial charge on any atom is 0.143 e. The van der Waals surface area contributed by atoms with Gasteiger partial charge in [0.25, 0.3) is 0 Å². The second kappa shape index (κ2) is 13.9. The first-order chi connectivity index (χ1) is 31.5. The van der Waals surface area contributed by atoms with Gasteiger partial charge in [0, 0.05) is 55.1 Å². The average molecular weight is 819 g/mol. The van der Waals surface area contributed by atoms with E-state index in [2.05, 4.69) is 236 Å². The monoisotopic (exact) mass is 818 g/mol. The maximum atomic E-state index is 6.55. The molecular weight excluding hydrogens is 777 g/mol. The molecule has 0 saturated carbocycles. The van der Waals surface area contributed by atoms with Crippen molar-refractivity contribution in [1.82, 2.24) is 4.57 Å². The van der Waals surface area contributed by atoms with Crippen molar-refractivity contribution in [3.05, 3.63) is 230 Å². The molecule has 0 fully saturated rings. The fourth-order valence-corrected chi connectivity index (χ4v) is 10.6. The summed E-state index contributed by atoms with van der Waals surface area (Å²) >= 11 is 0. The third kappa shape index (κ3) is 5.54. The topological polar surface area (TPSA) is 21.3 Å². The molecule has 1 aliphatic carbocycles. The van der Waals surface area contributed by atoms with Crippen LogP contribution in [0.2, 0.25) is 0 Å². The normalized spacial score (nSPS) is 13.0. The van der Waals surface area contributed by atoms with Gasteiger partial charge in [0.05, 0.1) is 11.0 Å². The maximum absolute atomic E-state index is 6.55. The van der Waals surface area contributed by atoms with Gasteiger partial charge >= 0.3 is 0 Å². The smallest absolute Gasteiger partial charge is 0.143 e. The van der Waals surface area contributed by atoms with Crippen LogP contribution < -0.4 is 4.90 Å². The minimum Gasteiger partial charge on any atom is -0.455 e. The zero-order chi connectivity index (χ0) is 42.5. The van der Waals surface area contributed by atoms with E-state index in [1.54, 1.807) is 0 Å². The van der Waals surface area contributed by atoms with Crippen LogP contribution in [0.25, 0.3) is 93.6 Å². The van der Waals surface area contributed by atoms with E-state index in [0.29, 0.717) is 0 Å². The molecule has 0 unspecified atom stereocenters. The van der Waals surface area contributed by atoms with E-state index in [1.807, 2.05) is 6.07 Å². The molecule has 0 atom stereocenters. The van der Waals surface area contributed by atoms with E-state index < -0.39 is 0 Å². The summed E-state index contributed by atoms with van der Waals surface area (Å²) in [5.41, 5.74) is 18.6. The van der Waals surface area contributed by atoms with Gasteiger partial charge in [0.15, 0.2) is 0 Å². The molecule has 64 heavy (non-hydrogen) atoms. The van der Waals surface area contributed by atoms with Crippen LogP contribution in [0.1, 0.15) is 25.0 Å². The number of hydrogen-bond donors (Lipinski definition) is 0. The molecule has 2 heterocycles. The van der Waals surface area contributed by atoms with Gasteiger partial charge in [-0.15, -0.1) is 0 Å². The summed E-state index contributed by atoms with van der Waals surface area (Å²) in [4.78, 5) is 2.41. The van der Waals surface area contributed by atoms with Crippen LogP contribution in [-0.4, -0.2) is 4.57 Å². The van der Waals surface area contributed by atoms with Gasteiger partial charge in [-0.3, -0.25) is 0 Å². The van der Waals surface area contributed by atoms with Crippen LogP contribution in [0.5, 0.6) is 0 Å². The summed E-state index contributed by atoms with van der Waals surface area (Å²) in [5.74, 6) is 0. The zero-order valence-electron chi connectivity index (χ0n) is 35.6. The standard InChI is InChI=1S/C61H42N2O/c1-61(2)55-22-11-9-20-48(55)49-32-30-47(37-56(49)61)62(46-19-13-16-41(34-46)39-14-5-3-6-15-39)45-28-24-40(25-29-45)42-27-33-57-53(35-42)54-36-43-26-31-51-50-21-10-12-23-59(50)64-60(51)52(43)38-58(54)63(57)44-17-7-4-8-18-44/h3-38H,1-2H3. The summed E-state index contributed by atoms with van der Waals surface area (Å²) in [6, 6.07) is 79.7. The van der Waals surface area contributed by atoms with Gasteiger partial charge in [-0.25, -0.2) is 0 Å². The Morgan fingerprint density at radius 1 is 0.391 bits per heavy atom. The SMILES string of the molecule is CC1(C)c2ccccc2-c2ccc(N(c3ccc(-c4ccc5c(c4)c4cc6ccc7c8ccccc8oc7c6cc4n5-c4ccccc4)cc3)c3cccc(-c4ccccc4)c3)cc21. The number of aromatic nitrogens is 1. The van der Waals surface area contributed by atoms with Crippen molar-refractivity contribution in [1.29, 1.82) is 0 Å². The fourth-order valence-electron chi connectivity index (χ4n) is 10.6. The number of nitrogens with zero attached hydrogens (tertiary/aromatic N) is 2. The van der Waals surface area contributed by atoms with Crippen LogP contribution in [0, 0.1) is 0 Å². The van der Waals surface area contributed by atoms with Gasteiger partial charge in [0.2, 0.25) is 0 Å². The fraction of sp³-hybridized carbons (Fsp3) is 0.0492. The Labute approximate surface area is 371 Å². The van der Waals surface area contributed by atoms with E-state index in [4.69, 9.17) is 4.42 Å².